The second-order valence-corrected chi connectivity index (χ2v) is 5.08. The smallest absolute Gasteiger partial charge is 0.346 e. The SMILES string of the molecule is CCOCC(C)(COC)N(C(=O)NOCC)c1ccccc1. The fraction of sp³-hybridized carbons (Fsp3) is 0.562. The summed E-state index contributed by atoms with van der Waals surface area (Å²) in [6.45, 7) is 7.29. The van der Waals surface area contributed by atoms with Gasteiger partial charge in [-0.3, -0.25) is 9.74 Å². The number of nitrogens with zero attached hydrogens (tertiary/aromatic N) is 1. The molecule has 1 unspecified atom stereocenters. The van der Waals surface area contributed by atoms with Gasteiger partial charge < -0.3 is 9.47 Å². The van der Waals surface area contributed by atoms with Gasteiger partial charge in [-0.15, -0.1) is 0 Å². The number of anilines is 1. The first-order valence-electron chi connectivity index (χ1n) is 7.42. The number of rotatable bonds is 9. The number of benzene rings is 1. The second kappa shape index (κ2) is 9.40. The minimum Gasteiger partial charge on any atom is -0.382 e. The summed E-state index contributed by atoms with van der Waals surface area (Å²) in [4.78, 5) is 19.2. The van der Waals surface area contributed by atoms with Crippen LogP contribution in [0.1, 0.15) is 20.8 Å². The van der Waals surface area contributed by atoms with E-state index in [9.17, 15) is 4.79 Å². The van der Waals surface area contributed by atoms with Crippen molar-refractivity contribution in [2.75, 3.05) is 38.4 Å². The number of hydrogen-bond donors (Lipinski definition) is 1. The van der Waals surface area contributed by atoms with Gasteiger partial charge in [0.05, 0.1) is 25.4 Å². The number of nitrogens with one attached hydrogen (secondary N) is 1. The lowest BCUT2D eigenvalue weighted by Crippen LogP contribution is -2.59. The van der Waals surface area contributed by atoms with Gasteiger partial charge in [0.15, 0.2) is 0 Å². The molecule has 124 valence electrons. The van der Waals surface area contributed by atoms with Crippen LogP contribution in [0.2, 0.25) is 0 Å². The molecular weight excluding hydrogens is 284 g/mol. The molecule has 1 rings (SSSR count). The second-order valence-electron chi connectivity index (χ2n) is 5.08. The number of carbonyl (C=O) groups is 1. The summed E-state index contributed by atoms with van der Waals surface area (Å²) in [5, 5.41) is 0. The normalized spacial score (nSPS) is 13.5. The number of para-hydroxylation sites is 1. The van der Waals surface area contributed by atoms with Crippen molar-refractivity contribution in [1.82, 2.24) is 5.48 Å². The number of ether oxygens (including phenoxy) is 2. The average Bonchev–Trinajstić information content (AvgIpc) is 2.52. The van der Waals surface area contributed by atoms with Crippen molar-refractivity contribution in [3.63, 3.8) is 0 Å². The lowest BCUT2D eigenvalue weighted by molar-refractivity contribution is 0.0413. The molecule has 0 saturated heterocycles. The molecule has 0 aliphatic carbocycles. The van der Waals surface area contributed by atoms with Crippen LogP contribution in [-0.2, 0) is 14.3 Å². The first-order chi connectivity index (χ1) is 10.6. The van der Waals surface area contributed by atoms with Crippen LogP contribution >= 0.6 is 0 Å². The van der Waals surface area contributed by atoms with Crippen molar-refractivity contribution in [3.05, 3.63) is 30.3 Å². The van der Waals surface area contributed by atoms with E-state index in [1.807, 2.05) is 51.1 Å². The van der Waals surface area contributed by atoms with Crippen LogP contribution in [0.4, 0.5) is 10.5 Å². The Morgan fingerprint density at radius 3 is 2.41 bits per heavy atom. The molecule has 6 heteroatoms. The van der Waals surface area contributed by atoms with Gasteiger partial charge in [0.1, 0.15) is 0 Å². The van der Waals surface area contributed by atoms with E-state index in [-0.39, 0.29) is 6.03 Å². The first kappa shape index (κ1) is 18.4. The first-order valence-corrected chi connectivity index (χ1v) is 7.42. The van der Waals surface area contributed by atoms with E-state index in [4.69, 9.17) is 14.3 Å². The van der Waals surface area contributed by atoms with Crippen LogP contribution in [0.15, 0.2) is 30.3 Å². The minimum atomic E-state index is -0.659. The van der Waals surface area contributed by atoms with E-state index >= 15 is 0 Å². The van der Waals surface area contributed by atoms with E-state index < -0.39 is 5.54 Å². The summed E-state index contributed by atoms with van der Waals surface area (Å²) in [6, 6.07) is 9.04. The molecule has 1 N–H and O–H groups in total. The van der Waals surface area contributed by atoms with Gasteiger partial charge in [-0.2, -0.15) is 0 Å². The highest BCUT2D eigenvalue weighted by Gasteiger charge is 2.37. The number of hydroxylamine groups is 1. The number of hydrogen-bond acceptors (Lipinski definition) is 4. The monoisotopic (exact) mass is 310 g/mol. The maximum absolute atomic E-state index is 12.6. The Bertz CT molecular complexity index is 441. The van der Waals surface area contributed by atoms with E-state index in [0.29, 0.717) is 26.4 Å². The van der Waals surface area contributed by atoms with Crippen LogP contribution in [0.5, 0.6) is 0 Å². The number of methoxy groups -OCH3 is 1. The lowest BCUT2D eigenvalue weighted by atomic mass is 10.0. The van der Waals surface area contributed by atoms with Gasteiger partial charge in [0.25, 0.3) is 0 Å². The topological polar surface area (TPSA) is 60.0 Å². The van der Waals surface area contributed by atoms with Gasteiger partial charge in [0, 0.05) is 19.4 Å². The van der Waals surface area contributed by atoms with Crippen molar-refractivity contribution in [1.29, 1.82) is 0 Å². The summed E-state index contributed by atoms with van der Waals surface area (Å²) in [6.07, 6.45) is 0. The molecule has 0 saturated carbocycles. The average molecular weight is 310 g/mol. The maximum atomic E-state index is 12.6. The van der Waals surface area contributed by atoms with Crippen LogP contribution in [-0.4, -0.2) is 45.1 Å². The predicted molar refractivity (Wildman–Crippen MR) is 85.9 cm³/mol. The van der Waals surface area contributed by atoms with E-state index in [0.717, 1.165) is 5.69 Å². The van der Waals surface area contributed by atoms with E-state index in [1.165, 1.54) is 0 Å². The van der Waals surface area contributed by atoms with Gasteiger partial charge in [-0.1, -0.05) is 18.2 Å². The van der Waals surface area contributed by atoms with Gasteiger partial charge in [-0.05, 0) is 32.9 Å². The summed E-state index contributed by atoms with van der Waals surface area (Å²) >= 11 is 0. The zero-order valence-electron chi connectivity index (χ0n) is 13.8. The molecule has 1 atom stereocenters. The zero-order valence-corrected chi connectivity index (χ0v) is 13.8. The lowest BCUT2D eigenvalue weighted by Gasteiger charge is -2.40. The third kappa shape index (κ3) is 4.98. The molecule has 1 aromatic carbocycles. The van der Waals surface area contributed by atoms with Crippen molar-refractivity contribution in [3.8, 4) is 0 Å². The summed E-state index contributed by atoms with van der Waals surface area (Å²) < 4.78 is 10.9. The quantitative estimate of drug-likeness (QED) is 0.712. The highest BCUT2D eigenvalue weighted by molar-refractivity contribution is 5.92. The van der Waals surface area contributed by atoms with Crippen molar-refractivity contribution in [2.45, 2.75) is 26.3 Å². The largest absolute Gasteiger partial charge is 0.382 e. The highest BCUT2D eigenvalue weighted by atomic mass is 16.7. The fourth-order valence-corrected chi connectivity index (χ4v) is 2.23. The highest BCUT2D eigenvalue weighted by Crippen LogP contribution is 2.25. The summed E-state index contributed by atoms with van der Waals surface area (Å²) in [5.74, 6) is 0. The van der Waals surface area contributed by atoms with E-state index in [1.54, 1.807) is 12.0 Å². The molecule has 22 heavy (non-hydrogen) atoms. The van der Waals surface area contributed by atoms with Gasteiger partial charge in [-0.25, -0.2) is 10.3 Å². The molecule has 0 aliphatic rings. The summed E-state index contributed by atoms with van der Waals surface area (Å²) in [7, 11) is 1.60. The summed E-state index contributed by atoms with van der Waals surface area (Å²) in [5.41, 5.74) is 2.54. The molecule has 0 radical (unpaired) electrons. The molecule has 0 aromatic heterocycles. The number of amides is 2. The Labute approximate surface area is 132 Å². The predicted octanol–water partition coefficient (Wildman–Crippen LogP) is 2.60. The third-order valence-corrected chi connectivity index (χ3v) is 3.13. The van der Waals surface area contributed by atoms with E-state index in [2.05, 4.69) is 5.48 Å². The third-order valence-electron chi connectivity index (χ3n) is 3.13. The molecule has 1 aromatic rings. The molecular formula is C16H26N2O4. The van der Waals surface area contributed by atoms with Gasteiger partial charge >= 0.3 is 6.03 Å². The minimum absolute atomic E-state index is 0.335. The Hall–Kier alpha value is -1.63. The number of urea groups is 1. The number of carbonyl (C=O) groups excluding carboxylic acids is 1. The van der Waals surface area contributed by atoms with Crippen LogP contribution < -0.4 is 10.4 Å². The Balaban J connectivity index is 3.12. The molecule has 0 heterocycles. The van der Waals surface area contributed by atoms with Crippen molar-refractivity contribution < 1.29 is 19.1 Å². The molecule has 0 bridgehead atoms. The Morgan fingerprint density at radius 2 is 1.86 bits per heavy atom. The van der Waals surface area contributed by atoms with Crippen LogP contribution in [0, 0.1) is 0 Å². The van der Waals surface area contributed by atoms with Gasteiger partial charge in [0.2, 0.25) is 0 Å². The maximum Gasteiger partial charge on any atom is 0.346 e. The Kier molecular flexibility index (Phi) is 7.87. The Morgan fingerprint density at radius 1 is 1.18 bits per heavy atom. The molecule has 2 amide bonds. The standard InChI is InChI=1S/C16H26N2O4/c1-5-21-13-16(3,12-20-4)18(15(19)17-22-6-2)14-10-8-7-9-11-14/h7-11H,5-6,12-13H2,1-4H3,(H,17,19). The molecule has 0 aliphatic heterocycles. The molecule has 0 spiro atoms. The van der Waals surface area contributed by atoms with Crippen LogP contribution in [0.3, 0.4) is 0 Å². The molecule has 6 nitrogen and oxygen atoms in total. The zero-order chi connectivity index (χ0) is 16.4. The fourth-order valence-electron chi connectivity index (χ4n) is 2.23. The van der Waals surface area contributed by atoms with Crippen LogP contribution in [0.25, 0.3) is 0 Å². The molecule has 0 fully saturated rings. The van der Waals surface area contributed by atoms with Crippen molar-refractivity contribution in [2.24, 2.45) is 0 Å². The van der Waals surface area contributed by atoms with Crippen molar-refractivity contribution >= 4 is 11.7 Å².